The highest BCUT2D eigenvalue weighted by Crippen LogP contribution is 2.44. The van der Waals surface area contributed by atoms with Crippen molar-refractivity contribution in [3.8, 4) is 0 Å². The van der Waals surface area contributed by atoms with Crippen LogP contribution in [0.15, 0.2) is 109 Å². The van der Waals surface area contributed by atoms with E-state index in [9.17, 15) is 8.96 Å². The van der Waals surface area contributed by atoms with Gasteiger partial charge < -0.3 is 5.73 Å². The Kier molecular flexibility index (Phi) is 6.38. The largest absolute Gasteiger partial charge is 0.321 e. The van der Waals surface area contributed by atoms with E-state index in [1.807, 2.05) is 78.9 Å². The maximum atomic E-state index is 14.5. The number of hydrogen-bond donors (Lipinski definition) is 2. The molecule has 3 aromatic carbocycles. The lowest BCUT2D eigenvalue weighted by atomic mass is 9.98. The van der Waals surface area contributed by atoms with Gasteiger partial charge in [-0.05, 0) is 54.1 Å². The number of halogens is 1. The first-order valence-corrected chi connectivity index (χ1v) is 11.7. The molecule has 0 unspecified atom stereocenters. The highest BCUT2D eigenvalue weighted by Gasteiger charge is 2.34. The van der Waals surface area contributed by atoms with E-state index in [-0.39, 0.29) is 5.82 Å². The molecule has 0 radical (unpaired) electrons. The molecule has 4 aromatic rings. The van der Waals surface area contributed by atoms with Crippen LogP contribution < -0.4 is 21.4 Å². The van der Waals surface area contributed by atoms with Crippen LogP contribution in [0, 0.1) is 5.82 Å². The quantitative estimate of drug-likeness (QED) is 0.424. The number of aromatic nitrogens is 1. The normalized spacial score (nSPS) is 13.5. The zero-order valence-corrected chi connectivity index (χ0v) is 17.7. The van der Waals surface area contributed by atoms with Gasteiger partial charge in [0.2, 0.25) is 7.29 Å². The minimum Gasteiger partial charge on any atom is -0.321 e. The Labute approximate surface area is 181 Å². The average molecular weight is 431 g/mol. The van der Waals surface area contributed by atoms with E-state index in [2.05, 4.69) is 10.1 Å². The van der Waals surface area contributed by atoms with Crippen LogP contribution in [-0.2, 0) is 4.57 Å². The highest BCUT2D eigenvalue weighted by molar-refractivity contribution is 7.76. The van der Waals surface area contributed by atoms with Crippen molar-refractivity contribution in [3.63, 3.8) is 0 Å². The summed E-state index contributed by atoms with van der Waals surface area (Å²) in [6.45, 7) is 0. The van der Waals surface area contributed by atoms with Gasteiger partial charge in [-0.3, -0.25) is 14.6 Å². The topological polar surface area (TPSA) is 68.0 Å². The summed E-state index contributed by atoms with van der Waals surface area (Å²) in [5.74, 6) is -0.344. The lowest BCUT2D eigenvalue weighted by molar-refractivity contribution is 0.502. The SMILES string of the molecule is N[C@@H](c1ccccn1)[C@@H](NP(=O)(c1ccccc1)c1ccccc1)c1ccc(F)cc1. The van der Waals surface area contributed by atoms with Gasteiger partial charge in [0, 0.05) is 16.8 Å². The predicted molar refractivity (Wildman–Crippen MR) is 123 cm³/mol. The van der Waals surface area contributed by atoms with Crippen molar-refractivity contribution in [2.24, 2.45) is 5.73 Å². The van der Waals surface area contributed by atoms with E-state index in [1.165, 1.54) is 12.1 Å². The molecule has 31 heavy (non-hydrogen) atoms. The number of rotatable bonds is 7. The number of nitrogens with zero attached hydrogens (tertiary/aromatic N) is 1. The maximum absolute atomic E-state index is 14.5. The Bertz CT molecular complexity index is 1110. The number of hydrogen-bond acceptors (Lipinski definition) is 3. The molecule has 0 aliphatic carbocycles. The number of pyridine rings is 1. The van der Waals surface area contributed by atoms with Gasteiger partial charge >= 0.3 is 0 Å². The van der Waals surface area contributed by atoms with Crippen molar-refractivity contribution in [1.82, 2.24) is 10.1 Å². The molecular weight excluding hydrogens is 408 g/mol. The standard InChI is InChI=1S/C25H23FN3OP/c26-20-16-14-19(15-17-20)25(24(27)23-13-7-8-18-28-23)29-31(30,21-9-3-1-4-10-21)22-11-5-2-6-12-22/h1-18,24-25H,27H2,(H,29,30)/t24-,25-/m0/s1. The lowest BCUT2D eigenvalue weighted by Crippen LogP contribution is -2.36. The van der Waals surface area contributed by atoms with Gasteiger partial charge in [-0.15, -0.1) is 0 Å². The summed E-state index contributed by atoms with van der Waals surface area (Å²) in [6, 6.07) is 29.0. The molecule has 0 aliphatic heterocycles. The first-order valence-electron chi connectivity index (χ1n) is 9.99. The minimum absolute atomic E-state index is 0.344. The van der Waals surface area contributed by atoms with E-state index in [0.29, 0.717) is 16.3 Å². The van der Waals surface area contributed by atoms with Crippen LogP contribution in [0.3, 0.4) is 0 Å². The first-order chi connectivity index (χ1) is 15.1. The van der Waals surface area contributed by atoms with Crippen LogP contribution in [-0.4, -0.2) is 4.98 Å². The minimum atomic E-state index is -3.28. The molecule has 6 heteroatoms. The van der Waals surface area contributed by atoms with Gasteiger partial charge in [0.05, 0.1) is 17.8 Å². The lowest BCUT2D eigenvalue weighted by Gasteiger charge is -2.31. The molecule has 4 nitrogen and oxygen atoms in total. The monoisotopic (exact) mass is 431 g/mol. The third-order valence-electron chi connectivity index (χ3n) is 5.18. The van der Waals surface area contributed by atoms with Gasteiger partial charge in [-0.1, -0.05) is 54.6 Å². The smallest absolute Gasteiger partial charge is 0.205 e. The summed E-state index contributed by atoms with van der Waals surface area (Å²) in [6.07, 6.45) is 1.67. The van der Waals surface area contributed by atoms with E-state index >= 15 is 0 Å². The third kappa shape index (κ3) is 4.64. The van der Waals surface area contributed by atoms with E-state index in [4.69, 9.17) is 5.73 Å². The average Bonchev–Trinajstić information content (AvgIpc) is 2.84. The zero-order valence-electron chi connectivity index (χ0n) is 16.8. The molecule has 0 aliphatic rings. The van der Waals surface area contributed by atoms with E-state index in [1.54, 1.807) is 18.3 Å². The summed E-state index contributed by atoms with van der Waals surface area (Å²) in [7, 11) is -3.28. The van der Waals surface area contributed by atoms with Crippen molar-refractivity contribution < 1.29 is 8.96 Å². The predicted octanol–water partition coefficient (Wildman–Crippen LogP) is 4.48. The molecule has 0 amide bonds. The van der Waals surface area contributed by atoms with Gasteiger partial charge in [-0.25, -0.2) is 4.39 Å². The van der Waals surface area contributed by atoms with Gasteiger partial charge in [0.1, 0.15) is 5.82 Å². The molecule has 0 fully saturated rings. The van der Waals surface area contributed by atoms with Gasteiger partial charge in [0.25, 0.3) is 0 Å². The summed E-state index contributed by atoms with van der Waals surface area (Å²) in [5.41, 5.74) is 8.01. The van der Waals surface area contributed by atoms with E-state index in [0.717, 1.165) is 5.56 Å². The molecule has 0 saturated heterocycles. The van der Waals surface area contributed by atoms with Crippen LogP contribution in [0.2, 0.25) is 0 Å². The first kappa shape index (κ1) is 21.1. The second kappa shape index (κ2) is 9.36. The molecule has 0 saturated carbocycles. The second-order valence-electron chi connectivity index (χ2n) is 7.22. The molecule has 1 aromatic heterocycles. The molecule has 4 rings (SSSR count). The third-order valence-corrected chi connectivity index (χ3v) is 7.87. The molecular formula is C25H23FN3OP. The van der Waals surface area contributed by atoms with Crippen LogP contribution in [0.5, 0.6) is 0 Å². The van der Waals surface area contributed by atoms with Gasteiger partial charge in [0.15, 0.2) is 0 Å². The van der Waals surface area contributed by atoms with Crippen molar-refractivity contribution in [2.45, 2.75) is 12.1 Å². The highest BCUT2D eigenvalue weighted by atomic mass is 31.2. The Balaban J connectivity index is 1.83. The summed E-state index contributed by atoms with van der Waals surface area (Å²) >= 11 is 0. The van der Waals surface area contributed by atoms with Gasteiger partial charge in [-0.2, -0.15) is 0 Å². The molecule has 2 atom stereocenters. The molecule has 0 bridgehead atoms. The Morgan fingerprint density at radius 1 is 0.774 bits per heavy atom. The van der Waals surface area contributed by atoms with Crippen molar-refractivity contribution >= 4 is 17.9 Å². The van der Waals surface area contributed by atoms with Crippen LogP contribution in [0.25, 0.3) is 0 Å². The maximum Gasteiger partial charge on any atom is 0.205 e. The van der Waals surface area contributed by atoms with Crippen LogP contribution in [0.1, 0.15) is 23.3 Å². The zero-order chi connectivity index (χ0) is 21.7. The fourth-order valence-corrected chi connectivity index (χ4v) is 6.03. The fourth-order valence-electron chi connectivity index (χ4n) is 3.55. The van der Waals surface area contributed by atoms with Crippen LogP contribution in [0.4, 0.5) is 4.39 Å². The number of nitrogens with one attached hydrogen (secondary N) is 1. The Hall–Kier alpha value is -3.11. The Morgan fingerprint density at radius 3 is 1.84 bits per heavy atom. The summed E-state index contributed by atoms with van der Waals surface area (Å²) in [5, 5.41) is 4.70. The van der Waals surface area contributed by atoms with Crippen molar-refractivity contribution in [1.29, 1.82) is 0 Å². The Morgan fingerprint density at radius 2 is 1.32 bits per heavy atom. The van der Waals surface area contributed by atoms with Crippen LogP contribution >= 0.6 is 7.29 Å². The summed E-state index contributed by atoms with van der Waals surface area (Å²) < 4.78 is 28.2. The van der Waals surface area contributed by atoms with Crippen molar-refractivity contribution in [3.05, 3.63) is 126 Å². The molecule has 3 N–H and O–H groups in total. The summed E-state index contributed by atoms with van der Waals surface area (Å²) in [4.78, 5) is 4.39. The number of nitrogens with two attached hydrogens (primary N) is 1. The van der Waals surface area contributed by atoms with Crippen molar-refractivity contribution in [2.75, 3.05) is 0 Å². The second-order valence-corrected chi connectivity index (χ2v) is 9.73. The van der Waals surface area contributed by atoms with E-state index < -0.39 is 19.4 Å². The number of benzene rings is 3. The molecule has 1 heterocycles. The molecule has 0 spiro atoms. The molecule has 156 valence electrons. The fraction of sp³-hybridized carbons (Fsp3) is 0.0800.